The summed E-state index contributed by atoms with van der Waals surface area (Å²) in [5.74, 6) is 2.25. The molecule has 1 aliphatic carbocycles. The largest absolute Gasteiger partial charge is 0.312 e. The molecule has 2 atom stereocenters. The van der Waals surface area contributed by atoms with Gasteiger partial charge in [0.2, 0.25) is 0 Å². The minimum atomic E-state index is 0.704. The first-order valence-corrected chi connectivity index (χ1v) is 7.22. The number of hydrogen-bond donors (Lipinski definition) is 1. The van der Waals surface area contributed by atoms with Crippen molar-refractivity contribution in [2.24, 2.45) is 11.8 Å². The summed E-state index contributed by atoms with van der Waals surface area (Å²) in [6.45, 7) is 1.91. The molecule has 3 heteroatoms. The molecule has 94 valence electrons. The second kappa shape index (κ2) is 6.63. The van der Waals surface area contributed by atoms with Gasteiger partial charge in [0, 0.05) is 17.4 Å². The number of nitrogens with one attached hydrogen (secondary N) is 1. The Balaban J connectivity index is 1.78. The Morgan fingerprint density at radius 1 is 1.18 bits per heavy atom. The lowest BCUT2D eigenvalue weighted by atomic mass is 9.98. The summed E-state index contributed by atoms with van der Waals surface area (Å²) in [7, 11) is 0. The van der Waals surface area contributed by atoms with Gasteiger partial charge in [0.25, 0.3) is 0 Å². The molecule has 1 aliphatic rings. The van der Waals surface area contributed by atoms with Gasteiger partial charge in [-0.2, -0.15) is 0 Å². The van der Waals surface area contributed by atoms with Crippen LogP contribution in [0.1, 0.15) is 24.8 Å². The van der Waals surface area contributed by atoms with E-state index < -0.39 is 0 Å². The Morgan fingerprint density at radius 2 is 1.94 bits per heavy atom. The lowest BCUT2D eigenvalue weighted by molar-refractivity contribution is 0.395. The van der Waals surface area contributed by atoms with Crippen LogP contribution < -0.4 is 5.32 Å². The topological polar surface area (TPSA) is 12.0 Å². The molecule has 0 amide bonds. The van der Waals surface area contributed by atoms with Crippen LogP contribution in [0.5, 0.6) is 0 Å². The average Bonchev–Trinajstić information content (AvgIpc) is 2.79. The summed E-state index contributed by atoms with van der Waals surface area (Å²) in [5.41, 5.74) is 1.18. The van der Waals surface area contributed by atoms with Crippen LogP contribution in [0.25, 0.3) is 0 Å². The van der Waals surface area contributed by atoms with Crippen molar-refractivity contribution in [1.82, 2.24) is 5.32 Å². The Hall–Kier alpha value is -0.240. The molecule has 2 unspecified atom stereocenters. The van der Waals surface area contributed by atoms with Crippen molar-refractivity contribution < 1.29 is 0 Å². The summed E-state index contributed by atoms with van der Waals surface area (Å²) in [4.78, 5) is 0. The van der Waals surface area contributed by atoms with Crippen LogP contribution in [0.3, 0.4) is 0 Å². The van der Waals surface area contributed by atoms with Crippen LogP contribution in [0.4, 0.5) is 0 Å². The van der Waals surface area contributed by atoms with E-state index in [1.165, 1.54) is 24.8 Å². The van der Waals surface area contributed by atoms with Gasteiger partial charge in [-0.05, 0) is 42.9 Å². The van der Waals surface area contributed by atoms with Crippen molar-refractivity contribution in [3.05, 3.63) is 34.9 Å². The second-order valence-corrected chi connectivity index (χ2v) is 5.54. The summed E-state index contributed by atoms with van der Waals surface area (Å²) in [6.07, 6.45) is 3.94. The molecular formula is C14H19Cl2N. The number of alkyl halides is 1. The fourth-order valence-corrected chi connectivity index (χ4v) is 3.23. The number of rotatable bonds is 5. The first-order valence-electron chi connectivity index (χ1n) is 6.31. The van der Waals surface area contributed by atoms with Crippen LogP contribution in [0, 0.1) is 11.8 Å². The normalized spacial score (nSPS) is 24.1. The van der Waals surface area contributed by atoms with Crippen LogP contribution >= 0.6 is 23.2 Å². The van der Waals surface area contributed by atoms with Crippen LogP contribution in [-0.4, -0.2) is 12.4 Å². The Kier molecular flexibility index (Phi) is 5.15. The average molecular weight is 272 g/mol. The third kappa shape index (κ3) is 3.61. The van der Waals surface area contributed by atoms with Crippen molar-refractivity contribution in [1.29, 1.82) is 0 Å². The second-order valence-electron chi connectivity index (χ2n) is 4.83. The van der Waals surface area contributed by atoms with Gasteiger partial charge < -0.3 is 5.32 Å². The fraction of sp³-hybridized carbons (Fsp3) is 0.571. The highest BCUT2D eigenvalue weighted by Crippen LogP contribution is 2.32. The zero-order valence-electron chi connectivity index (χ0n) is 9.96. The molecular weight excluding hydrogens is 253 g/mol. The molecule has 0 radical (unpaired) electrons. The van der Waals surface area contributed by atoms with Gasteiger partial charge in [-0.1, -0.05) is 36.2 Å². The molecule has 1 aromatic carbocycles. The molecule has 0 aromatic heterocycles. The highest BCUT2D eigenvalue weighted by molar-refractivity contribution is 6.31. The first-order chi connectivity index (χ1) is 8.31. The third-order valence-corrected chi connectivity index (χ3v) is 4.46. The van der Waals surface area contributed by atoms with Crippen molar-refractivity contribution >= 4 is 23.2 Å². The van der Waals surface area contributed by atoms with E-state index in [0.717, 1.165) is 29.9 Å². The zero-order valence-corrected chi connectivity index (χ0v) is 11.5. The lowest BCUT2D eigenvalue weighted by Crippen LogP contribution is -2.25. The molecule has 1 aromatic rings. The highest BCUT2D eigenvalue weighted by Gasteiger charge is 2.25. The van der Waals surface area contributed by atoms with Gasteiger partial charge in [-0.3, -0.25) is 0 Å². The van der Waals surface area contributed by atoms with Gasteiger partial charge in [-0.15, -0.1) is 11.6 Å². The molecule has 1 fully saturated rings. The smallest absolute Gasteiger partial charge is 0.0450 e. The van der Waals surface area contributed by atoms with Crippen LogP contribution in [-0.2, 0) is 6.54 Å². The van der Waals surface area contributed by atoms with Crippen molar-refractivity contribution in [2.75, 3.05) is 12.4 Å². The Labute approximate surface area is 114 Å². The van der Waals surface area contributed by atoms with E-state index in [-0.39, 0.29) is 0 Å². The number of benzene rings is 1. The standard InChI is InChI=1S/C14H19Cl2N/c15-8-11-5-3-6-12(11)9-17-10-13-4-1-2-7-14(13)16/h1-2,4,7,11-12,17H,3,5-6,8-10H2. The SMILES string of the molecule is ClCC1CCCC1CNCc1ccccc1Cl. The quantitative estimate of drug-likeness (QED) is 0.796. The van der Waals surface area contributed by atoms with E-state index in [9.17, 15) is 0 Å². The molecule has 1 N–H and O–H groups in total. The third-order valence-electron chi connectivity index (χ3n) is 3.69. The maximum atomic E-state index is 6.11. The van der Waals surface area contributed by atoms with E-state index in [1.54, 1.807) is 0 Å². The maximum absolute atomic E-state index is 6.11. The monoisotopic (exact) mass is 271 g/mol. The molecule has 2 rings (SSSR count). The van der Waals surface area contributed by atoms with Crippen molar-refractivity contribution in [3.63, 3.8) is 0 Å². The van der Waals surface area contributed by atoms with Gasteiger partial charge >= 0.3 is 0 Å². The predicted molar refractivity (Wildman–Crippen MR) is 74.7 cm³/mol. The molecule has 1 nitrogen and oxygen atoms in total. The molecule has 0 bridgehead atoms. The summed E-state index contributed by atoms with van der Waals surface area (Å²) >= 11 is 12.1. The molecule has 0 heterocycles. The van der Waals surface area contributed by atoms with Crippen molar-refractivity contribution in [3.8, 4) is 0 Å². The minimum absolute atomic E-state index is 0.704. The van der Waals surface area contributed by atoms with Gasteiger partial charge in [0.1, 0.15) is 0 Å². The first kappa shape index (κ1) is 13.2. The van der Waals surface area contributed by atoms with E-state index >= 15 is 0 Å². The minimum Gasteiger partial charge on any atom is -0.312 e. The van der Waals surface area contributed by atoms with Gasteiger partial charge in [0.15, 0.2) is 0 Å². The van der Waals surface area contributed by atoms with Crippen LogP contribution in [0.15, 0.2) is 24.3 Å². The van der Waals surface area contributed by atoms with Gasteiger partial charge in [-0.25, -0.2) is 0 Å². The number of halogens is 2. The predicted octanol–water partition coefficient (Wildman–Crippen LogP) is 4.08. The lowest BCUT2D eigenvalue weighted by Gasteiger charge is -2.17. The van der Waals surface area contributed by atoms with E-state index in [4.69, 9.17) is 23.2 Å². The molecule has 0 spiro atoms. The highest BCUT2D eigenvalue weighted by atomic mass is 35.5. The maximum Gasteiger partial charge on any atom is 0.0450 e. The number of hydrogen-bond acceptors (Lipinski definition) is 1. The van der Waals surface area contributed by atoms with E-state index in [0.29, 0.717) is 5.92 Å². The molecule has 0 saturated heterocycles. The van der Waals surface area contributed by atoms with E-state index in [2.05, 4.69) is 11.4 Å². The molecule has 17 heavy (non-hydrogen) atoms. The fourth-order valence-electron chi connectivity index (χ4n) is 2.62. The summed E-state index contributed by atoms with van der Waals surface area (Å²) < 4.78 is 0. The van der Waals surface area contributed by atoms with Crippen LogP contribution in [0.2, 0.25) is 5.02 Å². The van der Waals surface area contributed by atoms with Gasteiger partial charge in [0.05, 0.1) is 0 Å². The Morgan fingerprint density at radius 3 is 2.71 bits per heavy atom. The zero-order chi connectivity index (χ0) is 12.1. The Bertz CT molecular complexity index is 354. The summed E-state index contributed by atoms with van der Waals surface area (Å²) in [6, 6.07) is 8.01. The molecule has 1 saturated carbocycles. The molecule has 0 aliphatic heterocycles. The van der Waals surface area contributed by atoms with E-state index in [1.807, 2.05) is 18.2 Å². The van der Waals surface area contributed by atoms with Crippen molar-refractivity contribution in [2.45, 2.75) is 25.8 Å². The summed E-state index contributed by atoms with van der Waals surface area (Å²) in [5, 5.41) is 4.35.